The first kappa shape index (κ1) is 15.6. The van der Waals surface area contributed by atoms with Gasteiger partial charge in [-0.15, -0.1) is 0 Å². The number of hydrogen-bond acceptors (Lipinski definition) is 5. The molecule has 17 heavy (non-hydrogen) atoms. The first-order valence-electron chi connectivity index (χ1n) is 5.29. The molecule has 0 bridgehead atoms. The van der Waals surface area contributed by atoms with E-state index in [1.54, 1.807) is 0 Å². The number of nitrogens with zero attached hydrogens (tertiary/aromatic N) is 1. The van der Waals surface area contributed by atoms with Crippen molar-refractivity contribution in [2.45, 2.75) is 25.9 Å². The summed E-state index contributed by atoms with van der Waals surface area (Å²) in [6.07, 6.45) is -1.47. The summed E-state index contributed by atoms with van der Waals surface area (Å²) < 4.78 is 5.40. The second-order valence-electron chi connectivity index (χ2n) is 5.04. The fourth-order valence-electron chi connectivity index (χ4n) is 1.37. The van der Waals surface area contributed by atoms with E-state index in [0.29, 0.717) is 11.0 Å². The second kappa shape index (κ2) is 6.34. The van der Waals surface area contributed by atoms with Crippen LogP contribution < -0.4 is 5.11 Å². The van der Waals surface area contributed by atoms with E-state index in [0.717, 1.165) is 0 Å². The molecule has 1 atom stereocenters. The van der Waals surface area contributed by atoms with Crippen molar-refractivity contribution in [3.63, 3.8) is 0 Å². The van der Waals surface area contributed by atoms with Crippen molar-refractivity contribution in [3.05, 3.63) is 0 Å². The van der Waals surface area contributed by atoms with Gasteiger partial charge in [0.25, 0.3) is 0 Å². The van der Waals surface area contributed by atoms with Crippen molar-refractivity contribution < 1.29 is 28.7 Å². The van der Waals surface area contributed by atoms with Gasteiger partial charge in [0.2, 0.25) is 0 Å². The normalized spacial score (nSPS) is 12.9. The van der Waals surface area contributed by atoms with Gasteiger partial charge in [-0.1, -0.05) is 0 Å². The Hall–Kier alpha value is -1.43. The van der Waals surface area contributed by atoms with Crippen LogP contribution in [0.2, 0.25) is 0 Å². The van der Waals surface area contributed by atoms with Crippen LogP contribution in [0.15, 0.2) is 0 Å². The third-order valence-corrected chi connectivity index (χ3v) is 1.84. The zero-order chi connectivity index (χ0) is 13.6. The highest BCUT2D eigenvalue weighted by Gasteiger charge is 2.22. The molecule has 0 spiro atoms. The number of carbonyl (C=O) groups is 3. The summed E-state index contributed by atoms with van der Waals surface area (Å²) in [5.41, 5.74) is 0. The van der Waals surface area contributed by atoms with Crippen molar-refractivity contribution in [1.82, 2.24) is 0 Å². The minimum absolute atomic E-state index is 0.313. The van der Waals surface area contributed by atoms with Crippen molar-refractivity contribution >= 4 is 17.7 Å². The summed E-state index contributed by atoms with van der Waals surface area (Å²) in [5.74, 6) is -2.29. The largest absolute Gasteiger partial charge is 0.550 e. The lowest BCUT2D eigenvalue weighted by molar-refractivity contribution is -0.873. The van der Waals surface area contributed by atoms with E-state index in [2.05, 4.69) is 0 Å². The zero-order valence-electron chi connectivity index (χ0n) is 10.7. The van der Waals surface area contributed by atoms with Crippen LogP contribution in [0, 0.1) is 0 Å². The maximum Gasteiger partial charge on any atom is 0.313 e. The highest BCUT2D eigenvalue weighted by molar-refractivity contribution is 5.94. The maximum absolute atomic E-state index is 11.3. The van der Waals surface area contributed by atoms with Gasteiger partial charge in [-0.3, -0.25) is 9.59 Å². The molecule has 0 saturated carbocycles. The summed E-state index contributed by atoms with van der Waals surface area (Å²) in [6, 6.07) is 0. The molecule has 0 aliphatic heterocycles. The predicted octanol–water partition coefficient (Wildman–Crippen LogP) is -1.28. The molecular formula is C11H19NO5. The Morgan fingerprint density at radius 1 is 1.24 bits per heavy atom. The topological polar surface area (TPSA) is 83.5 Å². The fourth-order valence-corrected chi connectivity index (χ4v) is 1.37. The summed E-state index contributed by atoms with van der Waals surface area (Å²) in [4.78, 5) is 32.5. The number of carboxylic acids is 1. The monoisotopic (exact) mass is 245 g/mol. The highest BCUT2D eigenvalue weighted by Crippen LogP contribution is 2.06. The van der Waals surface area contributed by atoms with E-state index in [1.165, 1.54) is 6.92 Å². The van der Waals surface area contributed by atoms with Crippen LogP contribution in [0.4, 0.5) is 0 Å². The van der Waals surface area contributed by atoms with Crippen molar-refractivity contribution in [2.75, 3.05) is 27.7 Å². The lowest BCUT2D eigenvalue weighted by Gasteiger charge is -2.29. The van der Waals surface area contributed by atoms with E-state index in [-0.39, 0.29) is 18.6 Å². The summed E-state index contributed by atoms with van der Waals surface area (Å²) in [6.45, 7) is 1.62. The Labute approximate surface area is 101 Å². The van der Waals surface area contributed by atoms with E-state index in [4.69, 9.17) is 4.74 Å². The Kier molecular flexibility index (Phi) is 5.81. The maximum atomic E-state index is 11.3. The van der Waals surface area contributed by atoms with E-state index in [9.17, 15) is 19.5 Å². The molecule has 0 aromatic carbocycles. The van der Waals surface area contributed by atoms with Crippen LogP contribution in [0.25, 0.3) is 0 Å². The summed E-state index contributed by atoms with van der Waals surface area (Å²) >= 11 is 0. The number of carboxylic acid groups (broad SMARTS) is 1. The standard InChI is InChI=1S/C11H19NO5/c1-8(13)5-11(16)17-9(6-10(14)15)7-12(2,3)4/h9H,5-7H2,1-4H3. The predicted molar refractivity (Wildman–Crippen MR) is 57.7 cm³/mol. The smallest absolute Gasteiger partial charge is 0.313 e. The van der Waals surface area contributed by atoms with Gasteiger partial charge in [0.05, 0.1) is 21.1 Å². The zero-order valence-corrected chi connectivity index (χ0v) is 10.7. The number of aliphatic carboxylic acids is 1. The van der Waals surface area contributed by atoms with Crippen LogP contribution in [-0.4, -0.2) is 56.0 Å². The number of rotatable bonds is 7. The van der Waals surface area contributed by atoms with Crippen LogP contribution >= 0.6 is 0 Å². The first-order chi connectivity index (χ1) is 7.60. The number of ketones is 1. The molecule has 0 amide bonds. The Morgan fingerprint density at radius 3 is 2.12 bits per heavy atom. The van der Waals surface area contributed by atoms with E-state index in [1.807, 2.05) is 21.1 Å². The van der Waals surface area contributed by atoms with E-state index >= 15 is 0 Å². The molecule has 6 heteroatoms. The van der Waals surface area contributed by atoms with Gasteiger partial charge in [-0.25, -0.2) is 0 Å². The lowest BCUT2D eigenvalue weighted by Crippen LogP contribution is -2.45. The van der Waals surface area contributed by atoms with Gasteiger partial charge in [0, 0.05) is 12.4 Å². The minimum Gasteiger partial charge on any atom is -0.550 e. The van der Waals surface area contributed by atoms with Crippen LogP contribution in [0.5, 0.6) is 0 Å². The van der Waals surface area contributed by atoms with Gasteiger partial charge in [0.1, 0.15) is 18.7 Å². The van der Waals surface area contributed by atoms with Gasteiger partial charge in [-0.05, 0) is 6.92 Å². The molecule has 0 heterocycles. The Morgan fingerprint density at radius 2 is 1.76 bits per heavy atom. The van der Waals surface area contributed by atoms with E-state index < -0.39 is 18.0 Å². The molecule has 1 unspecified atom stereocenters. The molecule has 0 N–H and O–H groups in total. The number of hydrogen-bond donors (Lipinski definition) is 0. The average Bonchev–Trinajstić information content (AvgIpc) is 1.95. The van der Waals surface area contributed by atoms with Crippen LogP contribution in [0.3, 0.4) is 0 Å². The molecule has 0 aromatic heterocycles. The molecule has 98 valence electrons. The van der Waals surface area contributed by atoms with Crippen molar-refractivity contribution in [1.29, 1.82) is 0 Å². The van der Waals surface area contributed by atoms with Crippen molar-refractivity contribution in [2.24, 2.45) is 0 Å². The number of esters is 1. The van der Waals surface area contributed by atoms with Crippen LogP contribution in [0.1, 0.15) is 19.8 Å². The molecule has 0 radical (unpaired) electrons. The molecule has 0 saturated heterocycles. The highest BCUT2D eigenvalue weighted by atomic mass is 16.5. The second-order valence-corrected chi connectivity index (χ2v) is 5.04. The van der Waals surface area contributed by atoms with Gasteiger partial charge in [-0.2, -0.15) is 0 Å². The third kappa shape index (κ3) is 9.50. The molecule has 6 nitrogen and oxygen atoms in total. The molecule has 0 fully saturated rings. The SMILES string of the molecule is CC(=O)CC(=O)OC(CC(=O)[O-])C[N+](C)(C)C. The fraction of sp³-hybridized carbons (Fsp3) is 0.727. The number of quaternary nitrogens is 1. The quantitative estimate of drug-likeness (QED) is 0.317. The Balaban J connectivity index is 4.43. The third-order valence-electron chi connectivity index (χ3n) is 1.84. The first-order valence-corrected chi connectivity index (χ1v) is 5.29. The average molecular weight is 245 g/mol. The Bertz CT molecular complexity index is 305. The number of ether oxygens (including phenoxy) is 1. The summed E-state index contributed by atoms with van der Waals surface area (Å²) in [7, 11) is 5.54. The number of carbonyl (C=O) groups excluding carboxylic acids is 3. The van der Waals surface area contributed by atoms with Crippen LogP contribution in [-0.2, 0) is 19.1 Å². The minimum atomic E-state index is -1.28. The van der Waals surface area contributed by atoms with Crippen molar-refractivity contribution in [3.8, 4) is 0 Å². The number of likely N-dealkylation sites (N-methyl/N-ethyl adjacent to an activating group) is 1. The summed E-state index contributed by atoms with van der Waals surface area (Å²) in [5, 5.41) is 10.5. The van der Waals surface area contributed by atoms with Gasteiger partial charge >= 0.3 is 5.97 Å². The molecule has 0 rings (SSSR count). The molecular weight excluding hydrogens is 226 g/mol. The molecule has 0 aromatic rings. The number of Topliss-reactive ketones (excluding diaryl/α,β-unsaturated/α-hetero) is 1. The molecule has 0 aliphatic rings. The van der Waals surface area contributed by atoms with Gasteiger partial charge in [0.15, 0.2) is 6.10 Å². The van der Waals surface area contributed by atoms with Gasteiger partial charge < -0.3 is 19.1 Å². The lowest BCUT2D eigenvalue weighted by atomic mass is 10.2. The molecule has 0 aliphatic carbocycles.